The van der Waals surface area contributed by atoms with Gasteiger partial charge in [-0.1, -0.05) is 42.5 Å². The predicted molar refractivity (Wildman–Crippen MR) is 94.3 cm³/mol. The smallest absolute Gasteiger partial charge is 0.338 e. The summed E-state index contributed by atoms with van der Waals surface area (Å²) < 4.78 is 10.9. The maximum atomic E-state index is 12.5. The summed E-state index contributed by atoms with van der Waals surface area (Å²) in [7, 11) is 0. The molecule has 26 heavy (non-hydrogen) atoms. The summed E-state index contributed by atoms with van der Waals surface area (Å²) in [4.78, 5) is 23.9. The van der Waals surface area contributed by atoms with Crippen LogP contribution in [0.1, 0.15) is 23.2 Å². The third kappa shape index (κ3) is 3.10. The molecule has 1 N–H and O–H groups in total. The molecule has 0 unspecified atom stereocenters. The van der Waals surface area contributed by atoms with E-state index >= 15 is 0 Å². The molecular weight excluding hydrogens is 332 g/mol. The van der Waals surface area contributed by atoms with Gasteiger partial charge < -0.3 is 14.6 Å². The van der Waals surface area contributed by atoms with Gasteiger partial charge in [-0.25, -0.2) is 4.79 Å². The number of carbonyl (C=O) groups is 2. The van der Waals surface area contributed by atoms with Crippen LogP contribution in [-0.2, 0) is 14.3 Å². The first-order chi connectivity index (χ1) is 12.7. The summed E-state index contributed by atoms with van der Waals surface area (Å²) in [6, 6.07) is 17.2. The molecule has 1 heterocycles. The van der Waals surface area contributed by atoms with E-state index in [2.05, 4.69) is 0 Å². The Hall–Kier alpha value is -2.66. The van der Waals surface area contributed by atoms with E-state index in [1.807, 2.05) is 42.5 Å². The first kappa shape index (κ1) is 16.8. The fourth-order valence-corrected chi connectivity index (χ4v) is 3.98. The van der Waals surface area contributed by atoms with Crippen molar-refractivity contribution >= 4 is 11.9 Å². The van der Waals surface area contributed by atoms with Crippen molar-refractivity contribution in [2.45, 2.75) is 25.0 Å². The molecule has 2 aliphatic rings. The Morgan fingerprint density at radius 3 is 2.46 bits per heavy atom. The molecular formula is C21H20O5. The summed E-state index contributed by atoms with van der Waals surface area (Å²) in [6.45, 7) is -0.122. The number of benzene rings is 2. The number of aliphatic hydroxyl groups is 1. The van der Waals surface area contributed by atoms with E-state index in [4.69, 9.17) is 9.47 Å². The van der Waals surface area contributed by atoms with Gasteiger partial charge in [-0.3, -0.25) is 4.79 Å². The van der Waals surface area contributed by atoms with Crippen LogP contribution in [0.4, 0.5) is 0 Å². The Labute approximate surface area is 151 Å². The van der Waals surface area contributed by atoms with Gasteiger partial charge in [-0.15, -0.1) is 0 Å². The summed E-state index contributed by atoms with van der Waals surface area (Å²) in [5, 5.41) is 9.66. The van der Waals surface area contributed by atoms with E-state index in [9.17, 15) is 14.7 Å². The zero-order valence-electron chi connectivity index (χ0n) is 14.2. The highest BCUT2D eigenvalue weighted by molar-refractivity contribution is 5.90. The molecule has 1 saturated heterocycles. The molecule has 2 aromatic rings. The zero-order valence-corrected chi connectivity index (χ0v) is 14.2. The molecule has 0 radical (unpaired) electrons. The maximum Gasteiger partial charge on any atom is 0.338 e. The van der Waals surface area contributed by atoms with Crippen molar-refractivity contribution in [3.05, 3.63) is 60.2 Å². The van der Waals surface area contributed by atoms with Crippen molar-refractivity contribution in [2.75, 3.05) is 6.61 Å². The topological polar surface area (TPSA) is 72.8 Å². The maximum absolute atomic E-state index is 12.5. The third-order valence-electron chi connectivity index (χ3n) is 5.35. The average molecular weight is 352 g/mol. The SMILES string of the molecule is O=C1C[C@H]2[C@H](CO)[C@H](OC(=O)c3ccc(-c4ccccc4)cc3)C[C@H]2O1. The lowest BCUT2D eigenvalue weighted by atomic mass is 9.93. The summed E-state index contributed by atoms with van der Waals surface area (Å²) in [6.07, 6.45) is 0.0628. The monoisotopic (exact) mass is 352 g/mol. The number of esters is 2. The van der Waals surface area contributed by atoms with Crippen LogP contribution < -0.4 is 0 Å². The van der Waals surface area contributed by atoms with E-state index in [1.54, 1.807) is 12.1 Å². The first-order valence-corrected chi connectivity index (χ1v) is 8.82. The zero-order chi connectivity index (χ0) is 18.1. The van der Waals surface area contributed by atoms with Gasteiger partial charge in [0.1, 0.15) is 12.2 Å². The summed E-state index contributed by atoms with van der Waals surface area (Å²) in [5.74, 6) is -0.969. The molecule has 2 fully saturated rings. The molecule has 0 aromatic heterocycles. The highest BCUT2D eigenvalue weighted by Crippen LogP contribution is 2.42. The highest BCUT2D eigenvalue weighted by Gasteiger charge is 2.51. The van der Waals surface area contributed by atoms with Crippen molar-refractivity contribution in [1.82, 2.24) is 0 Å². The first-order valence-electron chi connectivity index (χ1n) is 8.82. The number of ether oxygens (including phenoxy) is 2. The molecule has 1 saturated carbocycles. The third-order valence-corrected chi connectivity index (χ3v) is 5.35. The van der Waals surface area contributed by atoms with Gasteiger partial charge in [0.25, 0.3) is 0 Å². The number of hydrogen-bond acceptors (Lipinski definition) is 5. The molecule has 1 aliphatic heterocycles. The lowest BCUT2D eigenvalue weighted by molar-refractivity contribution is -0.141. The number of aliphatic hydroxyl groups excluding tert-OH is 1. The molecule has 0 bridgehead atoms. The fourth-order valence-electron chi connectivity index (χ4n) is 3.98. The van der Waals surface area contributed by atoms with Crippen LogP contribution in [0, 0.1) is 11.8 Å². The molecule has 134 valence electrons. The lowest BCUT2D eigenvalue weighted by Crippen LogP contribution is -2.28. The Morgan fingerprint density at radius 2 is 1.77 bits per heavy atom. The number of carbonyl (C=O) groups excluding carboxylic acids is 2. The van der Waals surface area contributed by atoms with Gasteiger partial charge in [-0.2, -0.15) is 0 Å². The number of hydrogen-bond donors (Lipinski definition) is 1. The normalized spacial score (nSPS) is 27.0. The number of fused-ring (bicyclic) bond motifs is 1. The van der Waals surface area contributed by atoms with Gasteiger partial charge in [-0.05, 0) is 23.3 Å². The van der Waals surface area contributed by atoms with Crippen LogP contribution in [0.25, 0.3) is 11.1 Å². The van der Waals surface area contributed by atoms with E-state index in [-0.39, 0.29) is 36.9 Å². The minimum absolute atomic E-state index is 0.0641. The van der Waals surface area contributed by atoms with E-state index in [1.165, 1.54) is 0 Å². The van der Waals surface area contributed by atoms with Crippen LogP contribution in [0.5, 0.6) is 0 Å². The Kier molecular flexibility index (Phi) is 4.47. The van der Waals surface area contributed by atoms with E-state index in [0.717, 1.165) is 11.1 Å². The second-order valence-corrected chi connectivity index (χ2v) is 6.87. The molecule has 5 nitrogen and oxygen atoms in total. The lowest BCUT2D eigenvalue weighted by Gasteiger charge is -2.20. The molecule has 0 amide bonds. The van der Waals surface area contributed by atoms with Crippen molar-refractivity contribution in [2.24, 2.45) is 11.8 Å². The average Bonchev–Trinajstić information content (AvgIpc) is 3.17. The van der Waals surface area contributed by atoms with Gasteiger partial charge >= 0.3 is 11.9 Å². The molecule has 2 aromatic carbocycles. The van der Waals surface area contributed by atoms with Crippen molar-refractivity contribution in [1.29, 1.82) is 0 Å². The minimum Gasteiger partial charge on any atom is -0.462 e. The van der Waals surface area contributed by atoms with E-state index < -0.39 is 12.1 Å². The Morgan fingerprint density at radius 1 is 1.08 bits per heavy atom. The predicted octanol–water partition coefficient (Wildman–Crippen LogP) is 2.82. The van der Waals surface area contributed by atoms with Gasteiger partial charge in [0.15, 0.2) is 0 Å². The van der Waals surface area contributed by atoms with Gasteiger partial charge in [0, 0.05) is 24.9 Å². The molecule has 1 aliphatic carbocycles. The summed E-state index contributed by atoms with van der Waals surface area (Å²) in [5.41, 5.74) is 2.58. The largest absolute Gasteiger partial charge is 0.462 e. The van der Waals surface area contributed by atoms with Gasteiger partial charge in [0.2, 0.25) is 0 Å². The molecule has 4 atom stereocenters. The van der Waals surface area contributed by atoms with Crippen molar-refractivity contribution < 1.29 is 24.2 Å². The summed E-state index contributed by atoms with van der Waals surface area (Å²) >= 11 is 0. The number of rotatable bonds is 4. The van der Waals surface area contributed by atoms with Crippen molar-refractivity contribution in [3.8, 4) is 11.1 Å². The second kappa shape index (κ2) is 6.92. The van der Waals surface area contributed by atoms with Crippen LogP contribution in [0.3, 0.4) is 0 Å². The minimum atomic E-state index is -0.426. The Bertz CT molecular complexity index is 799. The van der Waals surface area contributed by atoms with Crippen LogP contribution in [0.15, 0.2) is 54.6 Å². The fraction of sp³-hybridized carbons (Fsp3) is 0.333. The molecule has 4 rings (SSSR count). The van der Waals surface area contributed by atoms with E-state index in [0.29, 0.717) is 12.0 Å². The standard InChI is InChI=1S/C21H20O5/c22-12-17-16-10-20(23)25-18(16)11-19(17)26-21(24)15-8-6-14(7-9-15)13-4-2-1-3-5-13/h1-9,16-19,22H,10-12H2/t16-,17-,18+,19+/m0/s1. The van der Waals surface area contributed by atoms with Crippen LogP contribution in [0.2, 0.25) is 0 Å². The molecule has 0 spiro atoms. The van der Waals surface area contributed by atoms with Crippen molar-refractivity contribution in [3.63, 3.8) is 0 Å². The van der Waals surface area contributed by atoms with Gasteiger partial charge in [0.05, 0.1) is 12.0 Å². The van der Waals surface area contributed by atoms with Crippen LogP contribution >= 0.6 is 0 Å². The highest BCUT2D eigenvalue weighted by atomic mass is 16.6. The second-order valence-electron chi connectivity index (χ2n) is 6.87. The van der Waals surface area contributed by atoms with Crippen LogP contribution in [-0.4, -0.2) is 35.9 Å². The molecule has 5 heteroatoms. The Balaban J connectivity index is 1.44. The quantitative estimate of drug-likeness (QED) is 0.857.